The van der Waals surface area contributed by atoms with E-state index in [1.807, 2.05) is 13.0 Å². The van der Waals surface area contributed by atoms with E-state index in [4.69, 9.17) is 16.6 Å². The SMILES string of the molecule is C=CCNc1nc2c(C)cccn2c(=O)c1/C=C1/SC(=S)N(Cc2ccco2)C1=O. The van der Waals surface area contributed by atoms with Crippen molar-refractivity contribution in [3.8, 4) is 0 Å². The molecule has 0 spiro atoms. The minimum absolute atomic E-state index is 0.241. The number of hydrogen-bond donors (Lipinski definition) is 1. The number of nitrogens with zero attached hydrogens (tertiary/aromatic N) is 3. The van der Waals surface area contributed by atoms with E-state index in [0.717, 1.165) is 17.3 Å². The standard InChI is InChI=1S/C21H18N4O3S2/c1-3-8-22-17-15(19(26)24-9-4-6-13(2)18(24)23-17)11-16-20(27)25(21(29)30-16)12-14-7-5-10-28-14/h3-7,9-11,22H,1,8,12H2,2H3/b16-11+. The molecule has 3 aromatic heterocycles. The molecule has 0 saturated carbocycles. The van der Waals surface area contributed by atoms with Crippen LogP contribution in [0, 0.1) is 6.92 Å². The summed E-state index contributed by atoms with van der Waals surface area (Å²) in [5.74, 6) is 0.749. The molecule has 0 aromatic carbocycles. The van der Waals surface area contributed by atoms with Gasteiger partial charge in [0, 0.05) is 12.7 Å². The van der Waals surface area contributed by atoms with Crippen LogP contribution in [0.1, 0.15) is 16.9 Å². The van der Waals surface area contributed by atoms with Crippen molar-refractivity contribution in [3.05, 3.63) is 81.5 Å². The van der Waals surface area contributed by atoms with Gasteiger partial charge in [0.15, 0.2) is 0 Å². The van der Waals surface area contributed by atoms with Crippen molar-refractivity contribution in [2.75, 3.05) is 11.9 Å². The first kappa shape index (κ1) is 20.1. The maximum Gasteiger partial charge on any atom is 0.267 e. The first-order valence-electron chi connectivity index (χ1n) is 9.14. The summed E-state index contributed by atoms with van der Waals surface area (Å²) >= 11 is 6.52. The predicted octanol–water partition coefficient (Wildman–Crippen LogP) is 3.60. The fourth-order valence-electron chi connectivity index (χ4n) is 3.07. The molecule has 1 fully saturated rings. The highest BCUT2D eigenvalue weighted by Gasteiger charge is 2.33. The zero-order valence-electron chi connectivity index (χ0n) is 16.1. The molecule has 1 saturated heterocycles. The number of furan rings is 1. The smallest absolute Gasteiger partial charge is 0.267 e. The fraction of sp³-hybridized carbons (Fsp3) is 0.143. The van der Waals surface area contributed by atoms with Crippen LogP contribution in [-0.2, 0) is 11.3 Å². The molecule has 3 aromatic rings. The third-order valence-corrected chi connectivity index (χ3v) is 5.92. The number of carbonyl (C=O) groups is 1. The van der Waals surface area contributed by atoms with Crippen molar-refractivity contribution in [3.63, 3.8) is 0 Å². The van der Waals surface area contributed by atoms with Crippen LogP contribution in [0.3, 0.4) is 0 Å². The number of nitrogens with one attached hydrogen (secondary N) is 1. The zero-order valence-corrected chi connectivity index (χ0v) is 17.8. The summed E-state index contributed by atoms with van der Waals surface area (Å²) < 4.78 is 7.21. The van der Waals surface area contributed by atoms with Crippen LogP contribution in [0.4, 0.5) is 5.82 Å². The number of carbonyl (C=O) groups excluding carboxylic acids is 1. The van der Waals surface area contributed by atoms with Gasteiger partial charge in [-0.1, -0.05) is 36.1 Å². The highest BCUT2D eigenvalue weighted by atomic mass is 32.2. The molecule has 4 heterocycles. The Labute approximate surface area is 182 Å². The molecule has 0 radical (unpaired) electrons. The van der Waals surface area contributed by atoms with Crippen molar-refractivity contribution in [1.82, 2.24) is 14.3 Å². The van der Waals surface area contributed by atoms with E-state index < -0.39 is 0 Å². The van der Waals surface area contributed by atoms with Gasteiger partial charge in [-0.3, -0.25) is 18.9 Å². The van der Waals surface area contributed by atoms with Crippen LogP contribution < -0.4 is 10.9 Å². The minimum Gasteiger partial charge on any atom is -0.467 e. The second-order valence-electron chi connectivity index (χ2n) is 6.58. The summed E-state index contributed by atoms with van der Waals surface area (Å²) in [6.07, 6.45) is 6.43. The van der Waals surface area contributed by atoms with E-state index >= 15 is 0 Å². The molecule has 0 unspecified atom stereocenters. The van der Waals surface area contributed by atoms with E-state index in [2.05, 4.69) is 16.9 Å². The number of pyridine rings is 1. The molecule has 4 rings (SSSR count). The summed E-state index contributed by atoms with van der Waals surface area (Å²) in [4.78, 5) is 32.6. The Balaban J connectivity index is 1.78. The lowest BCUT2D eigenvalue weighted by atomic mass is 10.2. The Morgan fingerprint density at radius 3 is 2.90 bits per heavy atom. The quantitative estimate of drug-likeness (QED) is 0.358. The van der Waals surface area contributed by atoms with Crippen molar-refractivity contribution < 1.29 is 9.21 Å². The molecular weight excluding hydrogens is 420 g/mol. The van der Waals surface area contributed by atoms with Gasteiger partial charge < -0.3 is 9.73 Å². The maximum absolute atomic E-state index is 13.2. The van der Waals surface area contributed by atoms with Crippen LogP contribution in [0.2, 0.25) is 0 Å². The first-order chi connectivity index (χ1) is 14.5. The lowest BCUT2D eigenvalue weighted by Gasteiger charge is -2.12. The summed E-state index contributed by atoms with van der Waals surface area (Å²) in [7, 11) is 0. The lowest BCUT2D eigenvalue weighted by molar-refractivity contribution is -0.122. The lowest BCUT2D eigenvalue weighted by Crippen LogP contribution is -2.27. The maximum atomic E-state index is 13.2. The molecule has 0 atom stereocenters. The van der Waals surface area contributed by atoms with Gasteiger partial charge in [0.05, 0.1) is 23.3 Å². The molecule has 0 aliphatic carbocycles. The molecule has 1 aliphatic heterocycles. The van der Waals surface area contributed by atoms with Gasteiger partial charge in [-0.05, 0) is 36.8 Å². The summed E-state index contributed by atoms with van der Waals surface area (Å²) in [5.41, 5.74) is 1.44. The molecule has 30 heavy (non-hydrogen) atoms. The van der Waals surface area contributed by atoms with Crippen LogP contribution >= 0.6 is 24.0 Å². The minimum atomic E-state index is -0.273. The van der Waals surface area contributed by atoms with E-state index in [9.17, 15) is 9.59 Å². The Morgan fingerprint density at radius 1 is 1.33 bits per heavy atom. The number of hydrogen-bond acceptors (Lipinski definition) is 7. The first-order valence-corrected chi connectivity index (χ1v) is 10.4. The largest absolute Gasteiger partial charge is 0.467 e. The number of thioether (sulfide) groups is 1. The van der Waals surface area contributed by atoms with Gasteiger partial charge in [-0.2, -0.15) is 0 Å². The second-order valence-corrected chi connectivity index (χ2v) is 8.26. The van der Waals surface area contributed by atoms with Crippen molar-refractivity contribution in [2.45, 2.75) is 13.5 Å². The summed E-state index contributed by atoms with van der Waals surface area (Å²) in [6.45, 7) is 6.25. The number of aromatic nitrogens is 2. The summed E-state index contributed by atoms with van der Waals surface area (Å²) in [6, 6.07) is 7.21. The van der Waals surface area contributed by atoms with Gasteiger partial charge >= 0.3 is 0 Å². The molecule has 1 aliphatic rings. The van der Waals surface area contributed by atoms with Crippen LogP contribution in [0.15, 0.2) is 63.5 Å². The summed E-state index contributed by atoms with van der Waals surface area (Å²) in [5, 5.41) is 3.10. The third kappa shape index (κ3) is 3.69. The fourth-order valence-corrected chi connectivity index (χ4v) is 4.31. The number of rotatable bonds is 6. The van der Waals surface area contributed by atoms with Gasteiger partial charge in [0.25, 0.3) is 11.5 Å². The average molecular weight is 439 g/mol. The second kappa shape index (κ2) is 8.29. The normalized spacial score (nSPS) is 15.4. The highest BCUT2D eigenvalue weighted by molar-refractivity contribution is 8.26. The van der Waals surface area contributed by atoms with Gasteiger partial charge in [0.1, 0.15) is 21.5 Å². The monoisotopic (exact) mass is 438 g/mol. The molecule has 7 nitrogen and oxygen atoms in total. The molecular formula is C21H18N4O3S2. The van der Waals surface area contributed by atoms with Crippen molar-refractivity contribution in [1.29, 1.82) is 0 Å². The van der Waals surface area contributed by atoms with E-state index in [1.165, 1.54) is 9.30 Å². The predicted molar refractivity (Wildman–Crippen MR) is 122 cm³/mol. The van der Waals surface area contributed by atoms with Gasteiger partial charge in [0.2, 0.25) is 0 Å². The Bertz CT molecular complexity index is 1250. The van der Waals surface area contributed by atoms with E-state index in [0.29, 0.717) is 38.6 Å². The van der Waals surface area contributed by atoms with Gasteiger partial charge in [-0.15, -0.1) is 6.58 Å². The van der Waals surface area contributed by atoms with Crippen LogP contribution in [0.5, 0.6) is 0 Å². The zero-order chi connectivity index (χ0) is 21.3. The van der Waals surface area contributed by atoms with Crippen molar-refractivity contribution in [2.24, 2.45) is 0 Å². The van der Waals surface area contributed by atoms with E-state index in [-0.39, 0.29) is 18.0 Å². The molecule has 152 valence electrons. The molecule has 1 amide bonds. The Kier molecular flexibility index (Phi) is 5.56. The van der Waals surface area contributed by atoms with E-state index in [1.54, 1.807) is 42.8 Å². The Hall–Kier alpha value is -3.17. The number of aryl methyl sites for hydroxylation is 1. The number of anilines is 1. The highest BCUT2D eigenvalue weighted by Crippen LogP contribution is 2.34. The van der Waals surface area contributed by atoms with Crippen molar-refractivity contribution >= 4 is 51.7 Å². The number of amides is 1. The number of fused-ring (bicyclic) bond motifs is 1. The van der Waals surface area contributed by atoms with Crippen LogP contribution in [-0.4, -0.2) is 31.1 Å². The topological polar surface area (TPSA) is 79.9 Å². The Morgan fingerprint density at radius 2 is 2.17 bits per heavy atom. The average Bonchev–Trinajstić information content (AvgIpc) is 3.33. The molecule has 0 bridgehead atoms. The number of thiocarbonyl (C=S) groups is 1. The molecule has 1 N–H and O–H groups in total. The molecule has 9 heteroatoms. The third-order valence-electron chi connectivity index (χ3n) is 4.54. The van der Waals surface area contributed by atoms with Gasteiger partial charge in [-0.25, -0.2) is 4.98 Å². The van der Waals surface area contributed by atoms with Crippen LogP contribution in [0.25, 0.3) is 11.7 Å².